The van der Waals surface area contributed by atoms with Crippen LogP contribution in [0.5, 0.6) is 28.7 Å². The fraction of sp³-hybridized carbons (Fsp3) is 0.533. The molecule has 117 heavy (non-hydrogen) atoms. The maximum Gasteiger partial charge on any atom is 0.412 e. The van der Waals surface area contributed by atoms with E-state index in [1.54, 1.807) is 132 Å². The Bertz CT molecular complexity index is 4020. The van der Waals surface area contributed by atoms with Gasteiger partial charge in [0.05, 0.1) is 27.1 Å². The SMILES string of the molecule is CCC(=O)NC(C)C(=O)Oc1c(C)cc(COC(=O)C(C)(C)C)cc1C.CCC(=O)Oc1c(C)cc(COC(=O)C(C)(C)C)cc1C.CCCNC(=O)CCNC(=O)Oc1ccc(COC(=O)C(C)(C)C)cc1.CCCNC(=O)Oc1c(C)cc(COC(=O)C(C)(C)C)cc1C.CCCNC(=O)Oc1ccc(COC(=O)C(C)(C)C)cc1. The lowest BCUT2D eigenvalue weighted by Crippen LogP contribution is -2.40. The van der Waals surface area contributed by atoms with E-state index in [-0.39, 0.29) is 93.6 Å². The molecule has 0 saturated carbocycles. The van der Waals surface area contributed by atoms with Gasteiger partial charge in [-0.25, -0.2) is 19.2 Å². The van der Waals surface area contributed by atoms with Gasteiger partial charge in [-0.3, -0.25) is 38.4 Å². The summed E-state index contributed by atoms with van der Waals surface area (Å²) in [5, 5.41) is 13.1. The molecule has 0 radical (unpaired) electrons. The van der Waals surface area contributed by atoms with Crippen LogP contribution in [-0.2, 0) is 99.9 Å². The van der Waals surface area contributed by atoms with Gasteiger partial charge < -0.3 is 74.0 Å². The number of carbonyl (C=O) groups excluding carboxylic acids is 12. The highest BCUT2D eigenvalue weighted by molar-refractivity contribution is 5.86. The van der Waals surface area contributed by atoms with E-state index in [2.05, 4.69) is 26.6 Å². The summed E-state index contributed by atoms with van der Waals surface area (Å²) in [6.07, 6.45) is 1.87. The second-order valence-corrected chi connectivity index (χ2v) is 33.0. The van der Waals surface area contributed by atoms with E-state index < -0.39 is 57.4 Å². The van der Waals surface area contributed by atoms with Crippen molar-refractivity contribution in [2.75, 3.05) is 26.2 Å². The Hall–Kier alpha value is -10.9. The first-order valence-corrected chi connectivity index (χ1v) is 39.5. The molecule has 0 saturated heterocycles. The minimum absolute atomic E-state index is 0.110. The van der Waals surface area contributed by atoms with Crippen LogP contribution in [0.25, 0.3) is 0 Å². The van der Waals surface area contributed by atoms with Crippen LogP contribution in [0.15, 0.2) is 84.9 Å². The van der Waals surface area contributed by atoms with Crippen molar-refractivity contribution in [1.82, 2.24) is 26.6 Å². The van der Waals surface area contributed by atoms with Crippen molar-refractivity contribution in [3.8, 4) is 28.7 Å². The molecule has 27 heteroatoms. The van der Waals surface area contributed by atoms with Crippen molar-refractivity contribution in [3.05, 3.63) is 146 Å². The molecule has 5 aromatic carbocycles. The third kappa shape index (κ3) is 42.5. The van der Waals surface area contributed by atoms with Crippen LogP contribution in [0, 0.1) is 68.6 Å². The quantitative estimate of drug-likeness (QED) is 0.0176. The van der Waals surface area contributed by atoms with Gasteiger partial charge in [0.2, 0.25) is 11.8 Å². The Kier molecular flexibility index (Phi) is 45.0. The zero-order valence-electron chi connectivity index (χ0n) is 74.2. The molecule has 5 aromatic rings. The lowest BCUT2D eigenvalue weighted by atomic mass is 9.97. The van der Waals surface area contributed by atoms with Gasteiger partial charge in [0.15, 0.2) is 0 Å². The van der Waals surface area contributed by atoms with Gasteiger partial charge in [-0.05, 0) is 293 Å². The molecule has 0 aliphatic carbocycles. The predicted molar refractivity (Wildman–Crippen MR) is 447 cm³/mol. The second-order valence-electron chi connectivity index (χ2n) is 33.0. The van der Waals surface area contributed by atoms with Gasteiger partial charge in [0, 0.05) is 45.4 Å². The van der Waals surface area contributed by atoms with Crippen LogP contribution in [0.1, 0.15) is 245 Å². The summed E-state index contributed by atoms with van der Waals surface area (Å²) in [5.41, 5.74) is 6.47. The number of rotatable bonds is 28. The van der Waals surface area contributed by atoms with Crippen LogP contribution in [0.2, 0.25) is 0 Å². The highest BCUT2D eigenvalue weighted by atomic mass is 16.6. The Labute approximate surface area is 692 Å². The molecule has 0 aliphatic heterocycles. The van der Waals surface area contributed by atoms with Crippen LogP contribution in [-0.4, -0.2) is 104 Å². The van der Waals surface area contributed by atoms with Gasteiger partial charge >= 0.3 is 60.1 Å². The average Bonchev–Trinajstić information content (AvgIpc) is 0.836. The minimum atomic E-state index is -0.728. The minimum Gasteiger partial charge on any atom is -0.460 e. The maximum absolute atomic E-state index is 12.2. The van der Waals surface area contributed by atoms with Gasteiger partial charge in [0.25, 0.3) is 0 Å². The number of esters is 7. The van der Waals surface area contributed by atoms with E-state index in [0.717, 1.165) is 80.5 Å². The molecular weight excluding hydrogens is 1500 g/mol. The Morgan fingerprint density at radius 2 is 0.581 bits per heavy atom. The Morgan fingerprint density at radius 3 is 0.863 bits per heavy atom. The first-order chi connectivity index (χ1) is 54.3. The van der Waals surface area contributed by atoms with Gasteiger partial charge in [-0.15, -0.1) is 0 Å². The number of aryl methyl sites for hydroxylation is 6. The van der Waals surface area contributed by atoms with E-state index >= 15 is 0 Å². The van der Waals surface area contributed by atoms with E-state index in [4.69, 9.17) is 47.4 Å². The maximum atomic E-state index is 12.2. The molecule has 0 aliphatic rings. The predicted octanol–water partition coefficient (Wildman–Crippen LogP) is 16.9. The summed E-state index contributed by atoms with van der Waals surface area (Å²) in [5.74, 6) is 0.0319. The van der Waals surface area contributed by atoms with Crippen molar-refractivity contribution >= 4 is 71.9 Å². The average molecular weight is 1640 g/mol. The largest absolute Gasteiger partial charge is 0.460 e. The molecular formula is C90H131N5O22. The molecule has 27 nitrogen and oxygen atoms in total. The van der Waals surface area contributed by atoms with Crippen molar-refractivity contribution < 1.29 is 105 Å². The number of nitrogens with one attached hydrogen (secondary N) is 5. The van der Waals surface area contributed by atoms with Crippen LogP contribution >= 0.6 is 0 Å². The Balaban J connectivity index is 0.000000733. The fourth-order valence-electron chi connectivity index (χ4n) is 9.26. The molecule has 5 amide bonds. The van der Waals surface area contributed by atoms with E-state index in [0.29, 0.717) is 61.2 Å². The lowest BCUT2D eigenvalue weighted by Gasteiger charge is -2.18. The third-order valence-electron chi connectivity index (χ3n) is 15.9. The summed E-state index contributed by atoms with van der Waals surface area (Å²) in [7, 11) is 0. The summed E-state index contributed by atoms with van der Waals surface area (Å²) in [6, 6.07) is 23.9. The van der Waals surface area contributed by atoms with Crippen molar-refractivity contribution in [2.45, 2.75) is 265 Å². The fourth-order valence-corrected chi connectivity index (χ4v) is 9.26. The number of benzene rings is 5. The van der Waals surface area contributed by atoms with Gasteiger partial charge in [0.1, 0.15) is 67.8 Å². The van der Waals surface area contributed by atoms with Crippen LogP contribution in [0.4, 0.5) is 14.4 Å². The molecule has 0 bridgehead atoms. The molecule has 0 fully saturated rings. The topological polar surface area (TPSA) is 357 Å². The number of ether oxygens (including phenoxy) is 10. The third-order valence-corrected chi connectivity index (χ3v) is 15.9. The number of amides is 5. The molecule has 0 heterocycles. The van der Waals surface area contributed by atoms with Crippen molar-refractivity contribution in [2.24, 2.45) is 27.1 Å². The number of carbonyl (C=O) groups is 12. The lowest BCUT2D eigenvalue weighted by molar-refractivity contribution is -0.155. The van der Waals surface area contributed by atoms with Gasteiger partial charge in [-0.1, -0.05) is 58.9 Å². The highest BCUT2D eigenvalue weighted by Gasteiger charge is 2.28. The molecule has 0 spiro atoms. The zero-order chi connectivity index (χ0) is 89.4. The zero-order valence-corrected chi connectivity index (χ0v) is 74.2. The normalized spacial score (nSPS) is 11.2. The monoisotopic (exact) mass is 1630 g/mol. The van der Waals surface area contributed by atoms with Crippen LogP contribution in [0.3, 0.4) is 0 Å². The Morgan fingerprint density at radius 1 is 0.316 bits per heavy atom. The molecule has 5 N–H and O–H groups in total. The summed E-state index contributed by atoms with van der Waals surface area (Å²) < 4.78 is 52.7. The standard InChI is InChI=1S/C20H29NO5.C19H28N2O5.C18H27NO4.C17H24O4.C16H23NO4/c1-8-16(22)21-14(4)18(23)26-17-12(2)9-15(10-13(17)3)11-25-19(24)20(5,6)7;1-5-11-20-16(22)10-12-21-18(24)26-15-8-6-14(7-9-15)13-25-17(23)19(2,3)4;1-7-8-19-17(21)23-15-12(2)9-14(10-13(15)3)11-22-16(20)18(4,5)6;1-7-14(18)21-15-11(2)8-13(9-12(15)3)10-20-16(19)17(4,5)6;1-5-10-17-15(19)21-13-8-6-12(7-9-13)11-20-14(18)16(2,3)4/h9-10,14H,8,11H2,1-7H3,(H,21,22);6-9H,5,10-13H2,1-4H3,(H,20,22)(H,21,24);9-10H,7-8,11H2,1-6H3,(H,19,21);8-9H,7,10H2,1-6H3;6-9H,5,10-11H2,1-4H3,(H,17,19). The second kappa shape index (κ2) is 50.6. The first kappa shape index (κ1) is 104. The van der Waals surface area contributed by atoms with E-state index in [1.807, 2.05) is 140 Å². The van der Waals surface area contributed by atoms with Crippen molar-refractivity contribution in [1.29, 1.82) is 0 Å². The molecule has 1 atom stereocenters. The highest BCUT2D eigenvalue weighted by Crippen LogP contribution is 2.31. The van der Waals surface area contributed by atoms with Gasteiger partial charge in [-0.2, -0.15) is 0 Å². The van der Waals surface area contributed by atoms with Crippen LogP contribution < -0.4 is 50.3 Å². The van der Waals surface area contributed by atoms with Crippen molar-refractivity contribution in [3.63, 3.8) is 0 Å². The molecule has 648 valence electrons. The molecule has 5 rings (SSSR count). The molecule has 1 unspecified atom stereocenters. The molecule has 0 aromatic heterocycles. The first-order valence-electron chi connectivity index (χ1n) is 39.5. The van der Waals surface area contributed by atoms with E-state index in [1.165, 1.54) is 0 Å². The number of hydrogen-bond donors (Lipinski definition) is 5. The van der Waals surface area contributed by atoms with E-state index in [9.17, 15) is 57.5 Å². The number of hydrogen-bond acceptors (Lipinski definition) is 22. The summed E-state index contributed by atoms with van der Waals surface area (Å²) in [4.78, 5) is 140. The smallest absolute Gasteiger partial charge is 0.412 e. The summed E-state index contributed by atoms with van der Waals surface area (Å²) >= 11 is 0. The summed E-state index contributed by atoms with van der Waals surface area (Å²) in [6.45, 7) is 52.1.